The molecule has 3 aromatic heterocycles. The highest BCUT2D eigenvalue weighted by molar-refractivity contribution is 6.33. The highest BCUT2D eigenvalue weighted by Crippen LogP contribution is 2.34. The van der Waals surface area contributed by atoms with Gasteiger partial charge in [0.25, 0.3) is 5.89 Å². The number of nitrogens with zero attached hydrogens (tertiary/aromatic N) is 4. The molecule has 0 saturated carbocycles. The number of imidazole rings is 1. The lowest BCUT2D eigenvalue weighted by atomic mass is 10.2. The quantitative estimate of drug-likeness (QED) is 0.421. The summed E-state index contributed by atoms with van der Waals surface area (Å²) in [6.45, 7) is 0.0638. The van der Waals surface area contributed by atoms with Crippen molar-refractivity contribution in [3.05, 3.63) is 52.3 Å². The van der Waals surface area contributed by atoms with Gasteiger partial charge < -0.3 is 24.5 Å². The SMILES string of the molecule is NCC(O)COc1ccc(-c2noc(-c3cn4cc(C(F)(F)F)cc(Cl)c4n3)n2)c(Cl)c1. The molecule has 8 nitrogen and oxygen atoms in total. The van der Waals surface area contributed by atoms with Crippen LogP contribution in [0.4, 0.5) is 13.2 Å². The molecule has 4 aromatic rings. The Kier molecular flexibility index (Phi) is 5.99. The molecular formula is C19H14Cl2F3N5O3. The van der Waals surface area contributed by atoms with E-state index in [-0.39, 0.29) is 46.3 Å². The summed E-state index contributed by atoms with van der Waals surface area (Å²) in [5, 5.41) is 13.4. The zero-order valence-corrected chi connectivity index (χ0v) is 17.5. The minimum atomic E-state index is -4.56. The minimum Gasteiger partial charge on any atom is -0.491 e. The highest BCUT2D eigenvalue weighted by Gasteiger charge is 2.32. The van der Waals surface area contributed by atoms with E-state index in [1.54, 1.807) is 12.1 Å². The van der Waals surface area contributed by atoms with Gasteiger partial charge in [-0.05, 0) is 24.3 Å². The number of pyridine rings is 1. The zero-order valence-electron chi connectivity index (χ0n) is 16.0. The predicted octanol–water partition coefficient (Wildman–Crippen LogP) is 4.08. The van der Waals surface area contributed by atoms with Gasteiger partial charge in [-0.25, -0.2) is 4.98 Å². The average molecular weight is 488 g/mol. The molecule has 1 unspecified atom stereocenters. The third kappa shape index (κ3) is 4.51. The lowest BCUT2D eigenvalue weighted by Gasteiger charge is -2.11. The van der Waals surface area contributed by atoms with E-state index in [9.17, 15) is 18.3 Å². The van der Waals surface area contributed by atoms with Crippen LogP contribution in [0.2, 0.25) is 10.0 Å². The smallest absolute Gasteiger partial charge is 0.417 e. The summed E-state index contributed by atoms with van der Waals surface area (Å²) in [6.07, 6.45) is -3.20. The van der Waals surface area contributed by atoms with Crippen LogP contribution in [-0.2, 0) is 6.18 Å². The van der Waals surface area contributed by atoms with Crippen LogP contribution >= 0.6 is 23.2 Å². The third-order valence-electron chi connectivity index (χ3n) is 4.37. The molecule has 0 aliphatic carbocycles. The molecule has 0 fully saturated rings. The van der Waals surface area contributed by atoms with Gasteiger partial charge in [-0.2, -0.15) is 18.2 Å². The molecule has 168 valence electrons. The molecule has 0 saturated heterocycles. The molecule has 3 N–H and O–H groups in total. The number of halogens is 5. The number of aliphatic hydroxyl groups excluding tert-OH is 1. The fourth-order valence-electron chi connectivity index (χ4n) is 2.78. The number of ether oxygens (including phenoxy) is 1. The first-order valence-electron chi connectivity index (χ1n) is 9.06. The maximum atomic E-state index is 13.0. The molecule has 0 radical (unpaired) electrons. The van der Waals surface area contributed by atoms with Gasteiger partial charge in [0.2, 0.25) is 5.82 Å². The molecular weight excluding hydrogens is 474 g/mol. The standard InChI is InChI=1S/C19H14Cl2F3N5O3/c20-13-4-11(31-8-10(30)5-25)1-2-12(13)16-27-18(32-28-16)15-7-29-6-9(19(22,23)24)3-14(21)17(29)26-15/h1-4,6-7,10,30H,5,8,25H2. The van der Waals surface area contributed by atoms with E-state index in [1.165, 1.54) is 12.3 Å². The molecule has 1 aromatic carbocycles. The van der Waals surface area contributed by atoms with Crippen LogP contribution in [0, 0.1) is 0 Å². The summed E-state index contributed by atoms with van der Waals surface area (Å²) in [5.74, 6) is 0.513. The largest absolute Gasteiger partial charge is 0.491 e. The Labute approximate surface area is 188 Å². The van der Waals surface area contributed by atoms with E-state index in [0.717, 1.165) is 16.7 Å². The summed E-state index contributed by atoms with van der Waals surface area (Å²) in [7, 11) is 0. The zero-order chi connectivity index (χ0) is 23.0. The van der Waals surface area contributed by atoms with Crippen LogP contribution in [0.5, 0.6) is 5.75 Å². The second-order valence-corrected chi connectivity index (χ2v) is 7.51. The maximum absolute atomic E-state index is 13.0. The molecule has 0 amide bonds. The van der Waals surface area contributed by atoms with Crippen molar-refractivity contribution in [2.24, 2.45) is 5.73 Å². The molecule has 3 heterocycles. The highest BCUT2D eigenvalue weighted by atomic mass is 35.5. The van der Waals surface area contributed by atoms with Crippen molar-refractivity contribution in [2.75, 3.05) is 13.2 Å². The first-order chi connectivity index (χ1) is 15.2. The average Bonchev–Trinajstić information content (AvgIpc) is 3.38. The van der Waals surface area contributed by atoms with Crippen LogP contribution in [0.3, 0.4) is 0 Å². The summed E-state index contributed by atoms with van der Waals surface area (Å²) in [4.78, 5) is 8.40. The Morgan fingerprint density at radius 3 is 2.62 bits per heavy atom. The minimum absolute atomic E-state index is 0.00499. The van der Waals surface area contributed by atoms with Gasteiger partial charge in [0, 0.05) is 24.5 Å². The Bertz CT molecular complexity index is 1280. The Morgan fingerprint density at radius 2 is 1.94 bits per heavy atom. The number of hydrogen-bond acceptors (Lipinski definition) is 7. The summed E-state index contributed by atoms with van der Waals surface area (Å²) in [5.41, 5.74) is 5.08. The Hall–Kier alpha value is -2.86. The van der Waals surface area contributed by atoms with Gasteiger partial charge in [0.1, 0.15) is 24.2 Å². The van der Waals surface area contributed by atoms with Crippen LogP contribution in [-0.4, -0.2) is 43.9 Å². The van der Waals surface area contributed by atoms with Crippen LogP contribution in [0.1, 0.15) is 5.56 Å². The number of rotatable bonds is 6. The lowest BCUT2D eigenvalue weighted by Crippen LogP contribution is -2.26. The van der Waals surface area contributed by atoms with E-state index in [2.05, 4.69) is 15.1 Å². The predicted molar refractivity (Wildman–Crippen MR) is 109 cm³/mol. The molecule has 32 heavy (non-hydrogen) atoms. The fourth-order valence-corrected chi connectivity index (χ4v) is 3.29. The van der Waals surface area contributed by atoms with E-state index in [4.69, 9.17) is 38.2 Å². The topological polar surface area (TPSA) is 112 Å². The molecule has 4 rings (SSSR count). The van der Waals surface area contributed by atoms with E-state index < -0.39 is 17.8 Å². The Balaban J connectivity index is 1.61. The summed E-state index contributed by atoms with van der Waals surface area (Å²) in [6, 6.07) is 5.50. The molecule has 0 aliphatic rings. The molecule has 0 aliphatic heterocycles. The van der Waals surface area contributed by atoms with Gasteiger partial charge in [0.15, 0.2) is 5.65 Å². The third-order valence-corrected chi connectivity index (χ3v) is 4.97. The van der Waals surface area contributed by atoms with E-state index in [1.807, 2.05) is 0 Å². The van der Waals surface area contributed by atoms with Gasteiger partial charge in [-0.3, -0.25) is 0 Å². The van der Waals surface area contributed by atoms with Crippen molar-refractivity contribution in [1.82, 2.24) is 19.5 Å². The number of fused-ring (bicyclic) bond motifs is 1. The summed E-state index contributed by atoms with van der Waals surface area (Å²) < 4.78 is 50.8. The van der Waals surface area contributed by atoms with Gasteiger partial charge >= 0.3 is 6.18 Å². The van der Waals surface area contributed by atoms with Crippen molar-refractivity contribution in [1.29, 1.82) is 0 Å². The summed E-state index contributed by atoms with van der Waals surface area (Å²) >= 11 is 12.2. The van der Waals surface area contributed by atoms with Crippen molar-refractivity contribution in [2.45, 2.75) is 12.3 Å². The molecule has 0 spiro atoms. The van der Waals surface area contributed by atoms with E-state index >= 15 is 0 Å². The monoisotopic (exact) mass is 487 g/mol. The number of hydrogen-bond donors (Lipinski definition) is 2. The van der Waals surface area contributed by atoms with Crippen molar-refractivity contribution >= 4 is 28.8 Å². The number of nitrogens with two attached hydrogens (primary N) is 1. The second-order valence-electron chi connectivity index (χ2n) is 6.70. The van der Waals surface area contributed by atoms with Gasteiger partial charge in [-0.1, -0.05) is 28.4 Å². The van der Waals surface area contributed by atoms with Crippen molar-refractivity contribution < 1.29 is 27.5 Å². The molecule has 13 heteroatoms. The molecule has 1 atom stereocenters. The van der Waals surface area contributed by atoms with Crippen LogP contribution < -0.4 is 10.5 Å². The first-order valence-corrected chi connectivity index (χ1v) is 9.81. The van der Waals surface area contributed by atoms with Crippen LogP contribution in [0.15, 0.2) is 41.2 Å². The lowest BCUT2D eigenvalue weighted by molar-refractivity contribution is -0.137. The first kappa shape index (κ1) is 22.3. The van der Waals surface area contributed by atoms with Gasteiger partial charge in [0.05, 0.1) is 15.6 Å². The van der Waals surface area contributed by atoms with E-state index in [0.29, 0.717) is 11.3 Å². The number of alkyl halides is 3. The van der Waals surface area contributed by atoms with Crippen molar-refractivity contribution in [3.8, 4) is 28.7 Å². The van der Waals surface area contributed by atoms with Gasteiger partial charge in [-0.15, -0.1) is 0 Å². The van der Waals surface area contributed by atoms with Crippen LogP contribution in [0.25, 0.3) is 28.6 Å². The van der Waals surface area contributed by atoms with Crippen molar-refractivity contribution in [3.63, 3.8) is 0 Å². The number of benzene rings is 1. The second kappa shape index (κ2) is 8.58. The Morgan fingerprint density at radius 1 is 1.16 bits per heavy atom. The fraction of sp³-hybridized carbons (Fsp3) is 0.211. The maximum Gasteiger partial charge on any atom is 0.417 e. The molecule has 0 bridgehead atoms. The number of aromatic nitrogens is 4. The normalized spacial score (nSPS) is 13.0. The number of aliphatic hydroxyl groups is 1.